The fourth-order valence-corrected chi connectivity index (χ4v) is 5.01. The minimum atomic E-state index is -0.602. The van der Waals surface area contributed by atoms with Crippen molar-refractivity contribution in [2.75, 3.05) is 25.8 Å². The van der Waals surface area contributed by atoms with Gasteiger partial charge in [-0.2, -0.15) is 0 Å². The molecule has 0 saturated carbocycles. The number of amides is 1. The molecule has 1 aromatic heterocycles. The van der Waals surface area contributed by atoms with Gasteiger partial charge in [-0.3, -0.25) is 4.79 Å². The monoisotopic (exact) mass is 523 g/mol. The molecule has 194 valence electrons. The van der Waals surface area contributed by atoms with E-state index in [1.807, 2.05) is 37.3 Å². The second-order valence-corrected chi connectivity index (χ2v) is 10.9. The number of anilines is 1. The number of benzene rings is 2. The molecule has 1 N–H and O–H groups in total. The molecule has 1 aliphatic heterocycles. The van der Waals surface area contributed by atoms with Gasteiger partial charge >= 0.3 is 11.9 Å². The first-order valence-electron chi connectivity index (χ1n) is 11.7. The Morgan fingerprint density at radius 2 is 1.70 bits per heavy atom. The Balaban J connectivity index is 1.45. The lowest BCUT2D eigenvalue weighted by atomic mass is 9.87. The Morgan fingerprint density at radius 3 is 2.38 bits per heavy atom. The third kappa shape index (κ3) is 5.94. The molecule has 0 atom stereocenters. The van der Waals surface area contributed by atoms with E-state index in [1.54, 1.807) is 12.1 Å². The zero-order valence-corrected chi connectivity index (χ0v) is 22.2. The first kappa shape index (κ1) is 26.2. The van der Waals surface area contributed by atoms with Crippen molar-refractivity contribution in [1.29, 1.82) is 0 Å². The number of fused-ring (bicyclic) bond motifs is 1. The average molecular weight is 524 g/mol. The molecule has 0 saturated heterocycles. The van der Waals surface area contributed by atoms with Crippen LogP contribution in [-0.4, -0.2) is 38.4 Å². The number of carbonyl (C=O) groups is 3. The summed E-state index contributed by atoms with van der Waals surface area (Å²) in [5.74, 6) is -0.401. The van der Waals surface area contributed by atoms with E-state index < -0.39 is 24.5 Å². The molecule has 3 aromatic rings. The van der Waals surface area contributed by atoms with Crippen molar-refractivity contribution in [3.63, 3.8) is 0 Å². The van der Waals surface area contributed by atoms with Crippen LogP contribution in [0.5, 0.6) is 11.5 Å². The summed E-state index contributed by atoms with van der Waals surface area (Å²) in [4.78, 5) is 38.6. The Morgan fingerprint density at radius 1 is 1.00 bits per heavy atom. The van der Waals surface area contributed by atoms with Crippen LogP contribution in [0.4, 0.5) is 5.00 Å². The highest BCUT2D eigenvalue weighted by Crippen LogP contribution is 2.37. The summed E-state index contributed by atoms with van der Waals surface area (Å²) in [5.41, 5.74) is 3.33. The quantitative estimate of drug-likeness (QED) is 0.422. The van der Waals surface area contributed by atoms with E-state index in [9.17, 15) is 14.4 Å². The maximum atomic E-state index is 12.7. The first-order valence-corrected chi connectivity index (χ1v) is 12.5. The Labute approximate surface area is 219 Å². The molecule has 0 fully saturated rings. The molecule has 0 bridgehead atoms. The first-order chi connectivity index (χ1) is 17.6. The maximum absolute atomic E-state index is 12.7. The third-order valence-electron chi connectivity index (χ3n) is 5.99. The van der Waals surface area contributed by atoms with Crippen molar-refractivity contribution in [1.82, 2.24) is 0 Å². The fourth-order valence-electron chi connectivity index (χ4n) is 3.94. The van der Waals surface area contributed by atoms with Crippen molar-refractivity contribution in [2.45, 2.75) is 39.5 Å². The van der Waals surface area contributed by atoms with Crippen LogP contribution in [0.1, 0.15) is 63.1 Å². The van der Waals surface area contributed by atoms with E-state index in [2.05, 4.69) is 26.1 Å². The van der Waals surface area contributed by atoms with Crippen LogP contribution in [0.15, 0.2) is 42.5 Å². The van der Waals surface area contributed by atoms with Gasteiger partial charge in [0, 0.05) is 4.88 Å². The summed E-state index contributed by atoms with van der Waals surface area (Å²) in [7, 11) is 1.29. The summed E-state index contributed by atoms with van der Waals surface area (Å²) >= 11 is 1.26. The number of aryl methyl sites for hydroxylation is 1. The lowest BCUT2D eigenvalue weighted by molar-refractivity contribution is -0.119. The zero-order chi connectivity index (χ0) is 26.7. The van der Waals surface area contributed by atoms with Crippen molar-refractivity contribution in [3.8, 4) is 11.5 Å². The van der Waals surface area contributed by atoms with Gasteiger partial charge in [0.25, 0.3) is 5.91 Å². The van der Waals surface area contributed by atoms with Crippen molar-refractivity contribution < 1.29 is 33.3 Å². The van der Waals surface area contributed by atoms with E-state index >= 15 is 0 Å². The predicted molar refractivity (Wildman–Crippen MR) is 140 cm³/mol. The number of esters is 2. The minimum absolute atomic E-state index is 0.0416. The van der Waals surface area contributed by atoms with Gasteiger partial charge in [-0.25, -0.2) is 9.59 Å². The van der Waals surface area contributed by atoms with Gasteiger partial charge in [-0.05, 0) is 59.7 Å². The van der Waals surface area contributed by atoms with Crippen LogP contribution in [0.2, 0.25) is 0 Å². The molecule has 0 aliphatic carbocycles. The Bertz CT molecular complexity index is 1340. The van der Waals surface area contributed by atoms with E-state index in [1.165, 1.54) is 18.4 Å². The molecule has 37 heavy (non-hydrogen) atoms. The van der Waals surface area contributed by atoms with Crippen molar-refractivity contribution in [3.05, 3.63) is 75.2 Å². The minimum Gasteiger partial charge on any atom is -0.465 e. The second kappa shape index (κ2) is 10.6. The second-order valence-electron chi connectivity index (χ2n) is 9.65. The van der Waals surface area contributed by atoms with Crippen LogP contribution < -0.4 is 14.8 Å². The highest BCUT2D eigenvalue weighted by Gasteiger charge is 2.25. The lowest BCUT2D eigenvalue weighted by Crippen LogP contribution is -2.22. The largest absolute Gasteiger partial charge is 0.465 e. The number of rotatable bonds is 7. The zero-order valence-electron chi connectivity index (χ0n) is 21.4. The standard InChI is InChI=1S/C28H29NO7S/c1-16-20(12-17-6-11-21-22(13-17)36-15-35-21)24(27(32)33-5)25(37-16)29-23(30)14-34-26(31)18-7-9-19(10-8-18)28(2,3)4/h6-11,13H,12,14-15H2,1-5H3,(H,29,30). The summed E-state index contributed by atoms with van der Waals surface area (Å²) in [5, 5.41) is 3.05. The van der Waals surface area contributed by atoms with E-state index in [0.29, 0.717) is 28.5 Å². The normalized spacial score (nSPS) is 12.2. The number of thiophene rings is 1. The van der Waals surface area contributed by atoms with Gasteiger partial charge in [0.1, 0.15) is 5.00 Å². The van der Waals surface area contributed by atoms with Crippen LogP contribution in [0.3, 0.4) is 0 Å². The maximum Gasteiger partial charge on any atom is 0.341 e. The Hall–Kier alpha value is -3.85. The average Bonchev–Trinajstić information content (AvgIpc) is 3.45. The molecular weight excluding hydrogens is 494 g/mol. The van der Waals surface area contributed by atoms with Crippen molar-refractivity contribution in [2.24, 2.45) is 0 Å². The highest BCUT2D eigenvalue weighted by atomic mass is 32.1. The number of carbonyl (C=O) groups excluding carboxylic acids is 3. The summed E-state index contributed by atoms with van der Waals surface area (Å²) < 4.78 is 21.0. The molecular formula is C28H29NO7S. The number of hydrogen-bond acceptors (Lipinski definition) is 8. The third-order valence-corrected chi connectivity index (χ3v) is 7.05. The van der Waals surface area contributed by atoms with Crippen LogP contribution in [0, 0.1) is 6.92 Å². The number of nitrogens with one attached hydrogen (secondary N) is 1. The predicted octanol–water partition coefficient (Wildman–Crippen LogP) is 5.26. The molecule has 0 radical (unpaired) electrons. The summed E-state index contributed by atoms with van der Waals surface area (Å²) in [6, 6.07) is 12.7. The number of hydrogen-bond donors (Lipinski definition) is 1. The van der Waals surface area contributed by atoms with Gasteiger partial charge in [0.15, 0.2) is 18.1 Å². The number of ether oxygens (including phenoxy) is 4. The van der Waals surface area contributed by atoms with Gasteiger partial charge in [0.05, 0.1) is 18.2 Å². The molecule has 1 aliphatic rings. The molecule has 2 aromatic carbocycles. The van der Waals surface area contributed by atoms with E-state index in [-0.39, 0.29) is 17.8 Å². The molecule has 9 heteroatoms. The Kier molecular flexibility index (Phi) is 7.54. The van der Waals surface area contributed by atoms with Crippen molar-refractivity contribution >= 4 is 34.2 Å². The van der Waals surface area contributed by atoms with Gasteiger partial charge in [0.2, 0.25) is 6.79 Å². The number of methoxy groups -OCH3 is 1. The fraction of sp³-hybridized carbons (Fsp3) is 0.321. The smallest absolute Gasteiger partial charge is 0.341 e. The summed E-state index contributed by atoms with van der Waals surface area (Å²) in [6.07, 6.45) is 0.429. The summed E-state index contributed by atoms with van der Waals surface area (Å²) in [6.45, 7) is 7.80. The highest BCUT2D eigenvalue weighted by molar-refractivity contribution is 7.16. The van der Waals surface area contributed by atoms with Gasteiger partial charge in [-0.1, -0.05) is 39.0 Å². The molecule has 2 heterocycles. The molecule has 0 unspecified atom stereocenters. The molecule has 4 rings (SSSR count). The van der Waals surface area contributed by atoms with Gasteiger partial charge < -0.3 is 24.3 Å². The molecule has 0 spiro atoms. The molecule has 1 amide bonds. The van der Waals surface area contributed by atoms with Crippen LogP contribution >= 0.6 is 11.3 Å². The van der Waals surface area contributed by atoms with Gasteiger partial charge in [-0.15, -0.1) is 11.3 Å². The molecule has 8 nitrogen and oxygen atoms in total. The van der Waals surface area contributed by atoms with E-state index in [0.717, 1.165) is 21.6 Å². The van der Waals surface area contributed by atoms with Crippen LogP contribution in [-0.2, 0) is 26.1 Å². The topological polar surface area (TPSA) is 100 Å². The SMILES string of the molecule is COC(=O)c1c(NC(=O)COC(=O)c2ccc(C(C)(C)C)cc2)sc(C)c1Cc1ccc2c(c1)OCO2. The van der Waals surface area contributed by atoms with E-state index in [4.69, 9.17) is 18.9 Å². The lowest BCUT2D eigenvalue weighted by Gasteiger charge is -2.18. The van der Waals surface area contributed by atoms with Crippen LogP contribution in [0.25, 0.3) is 0 Å².